The zero-order valence-electron chi connectivity index (χ0n) is 13.2. The first-order valence-corrected chi connectivity index (χ1v) is 7.68. The predicted molar refractivity (Wildman–Crippen MR) is 82.8 cm³/mol. The first-order chi connectivity index (χ1) is 11.8. The van der Waals surface area contributed by atoms with Gasteiger partial charge in [0.25, 0.3) is 0 Å². The number of ether oxygens (including phenoxy) is 2. The Balaban J connectivity index is 1.84. The summed E-state index contributed by atoms with van der Waals surface area (Å²) in [7, 11) is 0. The van der Waals surface area contributed by atoms with E-state index in [0.717, 1.165) is 12.1 Å². The van der Waals surface area contributed by atoms with E-state index in [2.05, 4.69) is 0 Å². The number of benzene rings is 2. The lowest BCUT2D eigenvalue weighted by Crippen LogP contribution is -2.21. The van der Waals surface area contributed by atoms with Crippen LogP contribution >= 0.6 is 0 Å². The molecule has 136 valence electrons. The van der Waals surface area contributed by atoms with Crippen LogP contribution in [-0.4, -0.2) is 12.8 Å². The van der Waals surface area contributed by atoms with E-state index < -0.39 is 18.7 Å². The molecule has 2 nitrogen and oxygen atoms in total. The fourth-order valence-corrected chi connectivity index (χ4v) is 2.06. The molecule has 0 unspecified atom stereocenters. The molecule has 0 N–H and O–H groups in total. The van der Waals surface area contributed by atoms with Gasteiger partial charge in [0, 0.05) is 6.42 Å². The predicted octanol–water partition coefficient (Wildman–Crippen LogP) is 5.93. The third kappa shape index (κ3) is 6.60. The molecule has 0 saturated heterocycles. The number of rotatable bonds is 8. The van der Waals surface area contributed by atoms with Crippen LogP contribution in [0.1, 0.15) is 24.8 Å². The summed E-state index contributed by atoms with van der Waals surface area (Å²) in [5.74, 6) is 0.351. The topological polar surface area (TPSA) is 18.5 Å². The molecular formula is C18H17F5O2. The molecule has 0 aliphatic rings. The number of hydrogen-bond donors (Lipinski definition) is 0. The molecule has 25 heavy (non-hydrogen) atoms. The number of alkyl halides is 5. The van der Waals surface area contributed by atoms with Gasteiger partial charge in [-0.2, -0.15) is 22.0 Å². The molecule has 0 aromatic heterocycles. The molecule has 2 rings (SSSR count). The van der Waals surface area contributed by atoms with E-state index in [4.69, 9.17) is 9.47 Å². The zero-order chi connectivity index (χ0) is 18.3. The Hall–Kier alpha value is -2.31. The summed E-state index contributed by atoms with van der Waals surface area (Å²) in [4.78, 5) is 0. The molecule has 0 aliphatic heterocycles. The van der Waals surface area contributed by atoms with Gasteiger partial charge in [-0.25, -0.2) is 0 Å². The highest BCUT2D eigenvalue weighted by Gasteiger charge is 2.34. The zero-order valence-corrected chi connectivity index (χ0v) is 13.2. The van der Waals surface area contributed by atoms with Crippen molar-refractivity contribution in [2.24, 2.45) is 0 Å². The highest BCUT2D eigenvalue weighted by molar-refractivity contribution is 5.30. The van der Waals surface area contributed by atoms with Gasteiger partial charge in [0.2, 0.25) is 0 Å². The number of para-hydroxylation sites is 1. The third-order valence-electron chi connectivity index (χ3n) is 3.30. The van der Waals surface area contributed by atoms with E-state index in [1.54, 1.807) is 18.2 Å². The van der Waals surface area contributed by atoms with Crippen molar-refractivity contribution < 1.29 is 31.4 Å². The summed E-state index contributed by atoms with van der Waals surface area (Å²) in [6, 6.07) is 12.7. The van der Waals surface area contributed by atoms with E-state index >= 15 is 0 Å². The van der Waals surface area contributed by atoms with Crippen molar-refractivity contribution in [1.29, 1.82) is 0 Å². The minimum atomic E-state index is -4.17. The summed E-state index contributed by atoms with van der Waals surface area (Å²) < 4.78 is 74.1. The highest BCUT2D eigenvalue weighted by atomic mass is 19.4. The van der Waals surface area contributed by atoms with Crippen molar-refractivity contribution in [2.75, 3.05) is 6.61 Å². The first kappa shape index (κ1) is 19.0. The number of halogens is 5. The monoisotopic (exact) mass is 360 g/mol. The minimum Gasteiger partial charge on any atom is -0.494 e. The van der Waals surface area contributed by atoms with Crippen LogP contribution in [0.3, 0.4) is 0 Å². The highest BCUT2D eigenvalue weighted by Crippen LogP contribution is 2.32. The third-order valence-corrected chi connectivity index (χ3v) is 3.30. The van der Waals surface area contributed by atoms with Gasteiger partial charge in [-0.15, -0.1) is 0 Å². The Bertz CT molecular complexity index is 639. The Labute approximate surface area is 142 Å². The van der Waals surface area contributed by atoms with Crippen molar-refractivity contribution in [2.45, 2.75) is 31.5 Å². The maximum atomic E-state index is 14.1. The second-order valence-electron chi connectivity index (χ2n) is 5.38. The second-order valence-corrected chi connectivity index (χ2v) is 5.38. The van der Waals surface area contributed by atoms with Crippen LogP contribution in [0.5, 0.6) is 11.5 Å². The van der Waals surface area contributed by atoms with Crippen LogP contribution in [-0.2, 0) is 6.11 Å². The maximum Gasteiger partial charge on any atom is 0.426 e. The fourth-order valence-electron chi connectivity index (χ4n) is 2.06. The number of unbranched alkanes of at least 4 members (excludes halogenated alkanes) is 1. The lowest BCUT2D eigenvalue weighted by molar-refractivity contribution is -0.185. The average Bonchev–Trinajstić information content (AvgIpc) is 2.54. The largest absolute Gasteiger partial charge is 0.494 e. The summed E-state index contributed by atoms with van der Waals surface area (Å²) in [6.45, 7) is 0.0896. The van der Waals surface area contributed by atoms with Crippen molar-refractivity contribution >= 4 is 0 Å². The van der Waals surface area contributed by atoms with Gasteiger partial charge in [0.15, 0.2) is 0 Å². The van der Waals surface area contributed by atoms with E-state index in [0.29, 0.717) is 5.75 Å². The van der Waals surface area contributed by atoms with Crippen molar-refractivity contribution in [1.82, 2.24) is 0 Å². The standard InChI is InChI=1S/C18H17F5O2/c19-17(20,21)12-4-5-13-24-15-10-8-14(9-11-15)18(22,23)25-16-6-2-1-3-7-16/h1-3,6-11H,4-5,12-13H2. The van der Waals surface area contributed by atoms with Gasteiger partial charge >= 0.3 is 12.3 Å². The van der Waals surface area contributed by atoms with E-state index in [1.807, 2.05) is 0 Å². The van der Waals surface area contributed by atoms with Gasteiger partial charge in [0.1, 0.15) is 11.5 Å². The van der Waals surface area contributed by atoms with Gasteiger partial charge in [-0.3, -0.25) is 0 Å². The lowest BCUT2D eigenvalue weighted by atomic mass is 10.2. The minimum absolute atomic E-state index is 0.0371. The fraction of sp³-hybridized carbons (Fsp3) is 0.333. The molecular weight excluding hydrogens is 343 g/mol. The number of hydrogen-bond acceptors (Lipinski definition) is 2. The van der Waals surface area contributed by atoms with Gasteiger partial charge in [-0.1, -0.05) is 18.2 Å². The molecule has 0 radical (unpaired) electrons. The van der Waals surface area contributed by atoms with Gasteiger partial charge in [-0.05, 0) is 49.2 Å². The molecule has 2 aromatic carbocycles. The maximum absolute atomic E-state index is 14.1. The normalized spacial score (nSPS) is 12.0. The Morgan fingerprint density at radius 2 is 1.36 bits per heavy atom. The second kappa shape index (κ2) is 8.18. The summed E-state index contributed by atoms with van der Waals surface area (Å²) in [6.07, 6.45) is -8.35. The van der Waals surface area contributed by atoms with Gasteiger partial charge < -0.3 is 9.47 Å². The molecule has 0 bridgehead atoms. The molecule has 0 amide bonds. The van der Waals surface area contributed by atoms with Crippen LogP contribution in [0.4, 0.5) is 22.0 Å². The summed E-state index contributed by atoms with van der Waals surface area (Å²) in [5, 5.41) is 0. The van der Waals surface area contributed by atoms with E-state index in [1.165, 1.54) is 24.3 Å². The molecule has 0 spiro atoms. The van der Waals surface area contributed by atoms with Crippen molar-refractivity contribution in [3.05, 3.63) is 60.2 Å². The average molecular weight is 360 g/mol. The molecule has 0 fully saturated rings. The SMILES string of the molecule is FC(F)(F)CCCCOc1ccc(C(F)(F)Oc2ccccc2)cc1. The van der Waals surface area contributed by atoms with E-state index in [9.17, 15) is 22.0 Å². The lowest BCUT2D eigenvalue weighted by Gasteiger charge is -2.18. The first-order valence-electron chi connectivity index (χ1n) is 7.68. The van der Waals surface area contributed by atoms with E-state index in [-0.39, 0.29) is 30.8 Å². The van der Waals surface area contributed by atoms with Crippen LogP contribution in [0.15, 0.2) is 54.6 Å². The Morgan fingerprint density at radius 3 is 1.96 bits per heavy atom. The van der Waals surface area contributed by atoms with Crippen molar-refractivity contribution in [3.8, 4) is 11.5 Å². The molecule has 7 heteroatoms. The molecule has 0 saturated carbocycles. The van der Waals surface area contributed by atoms with Crippen LogP contribution in [0, 0.1) is 0 Å². The Kier molecular flexibility index (Phi) is 6.22. The molecule has 0 aliphatic carbocycles. The van der Waals surface area contributed by atoms with Crippen LogP contribution < -0.4 is 9.47 Å². The summed E-state index contributed by atoms with van der Waals surface area (Å²) >= 11 is 0. The van der Waals surface area contributed by atoms with Crippen LogP contribution in [0.2, 0.25) is 0 Å². The molecule has 2 aromatic rings. The summed E-state index contributed by atoms with van der Waals surface area (Å²) in [5.41, 5.74) is -0.347. The Morgan fingerprint density at radius 1 is 0.720 bits per heavy atom. The van der Waals surface area contributed by atoms with Gasteiger partial charge in [0.05, 0.1) is 12.2 Å². The van der Waals surface area contributed by atoms with Crippen LogP contribution in [0.25, 0.3) is 0 Å². The van der Waals surface area contributed by atoms with Crippen molar-refractivity contribution in [3.63, 3.8) is 0 Å². The molecule has 0 heterocycles. The quantitative estimate of drug-likeness (QED) is 0.429. The smallest absolute Gasteiger partial charge is 0.426 e. The molecule has 0 atom stereocenters.